The minimum atomic E-state index is 0.154. The summed E-state index contributed by atoms with van der Waals surface area (Å²) in [4.78, 5) is 45.7. The molecule has 0 saturated carbocycles. The first-order chi connectivity index (χ1) is 71.7. The molecule has 4 aromatic heterocycles. The summed E-state index contributed by atoms with van der Waals surface area (Å²) in [5.41, 5.74) is 23.2. The first-order valence-electron chi connectivity index (χ1n) is 48.4. The van der Waals surface area contributed by atoms with E-state index in [0.29, 0.717) is 52.4 Å². The third-order valence-corrected chi connectivity index (χ3v) is 31.9. The average Bonchev–Trinajstić information content (AvgIpc) is 1.64. The van der Waals surface area contributed by atoms with E-state index in [2.05, 4.69) is 451 Å². The molecule has 0 saturated heterocycles. The molecule has 0 atom stereocenters. The number of benzene rings is 23. The predicted molar refractivity (Wildman–Crippen MR) is 609 cm³/mol. The van der Waals surface area contributed by atoms with Gasteiger partial charge in [0.2, 0.25) is 0 Å². The molecule has 0 N–H and O–H groups in total. The molecule has 0 aliphatic carbocycles. The van der Waals surface area contributed by atoms with Crippen LogP contribution in [0.3, 0.4) is 0 Å². The first-order valence-corrected chi connectivity index (χ1v) is 52.0. The summed E-state index contributed by atoms with van der Waals surface area (Å²) in [5.74, 6) is 5.87. The summed E-state index contributed by atoms with van der Waals surface area (Å²) in [7, 11) is 0. The van der Waals surface area contributed by atoms with Gasteiger partial charge in [0.05, 0.1) is 0 Å². The molecule has 0 fully saturated rings. The number of hydrogen-bond acceptors (Lipinski definition) is 9. The quantitative estimate of drug-likeness (QED) is 0.0731. The van der Waals surface area contributed by atoms with E-state index in [9.17, 15) is 0 Å². The third-order valence-electron chi connectivity index (χ3n) is 27.2. The Kier molecular flexibility index (Phi) is 24.0. The first kappa shape index (κ1) is 88.9. The van der Waals surface area contributed by atoms with Gasteiger partial charge < -0.3 is 0 Å². The summed E-state index contributed by atoms with van der Waals surface area (Å²) < 4.78 is 5.15. The fourth-order valence-electron chi connectivity index (χ4n) is 20.1. The van der Waals surface area contributed by atoms with Crippen LogP contribution in [0.1, 0.15) is 0 Å². The third kappa shape index (κ3) is 17.5. The SMILES string of the molecule is [SeH]c1c(-c2ccccc2)cccc1-c1ccc(-c2ccccc2)c2ccc(-c3nc(-c4ccccc4)nc(-c4ccccc4)n3)cc12.[SeH]c1c(-c2ccccc2)cccc1-c1nc(-c2ccc3c(ccc4ccccc43)c2)nc(-c2ccc3c(ccc4ccccc43)c2)n1.c1ccc(-c2nc(-c3ccc4ccccc4c3)nc(-c3ccc(-c4cccc5c4[se]c4c(-c6ccccc6)cccc45)c4ccccc34)n2)cc1. The number of aromatic nitrogens is 9. The fourth-order valence-corrected chi connectivity index (χ4v) is 24.5. The van der Waals surface area contributed by atoms with Gasteiger partial charge in [-0.15, -0.1) is 0 Å². The van der Waals surface area contributed by atoms with Crippen molar-refractivity contribution in [1.82, 2.24) is 44.9 Å². The Morgan fingerprint density at radius 1 is 0.124 bits per heavy atom. The summed E-state index contributed by atoms with van der Waals surface area (Å²) >= 11 is 5.72. The maximum atomic E-state index is 5.16. The van der Waals surface area contributed by atoms with Crippen molar-refractivity contribution in [3.63, 3.8) is 0 Å². The Bertz CT molecular complexity index is 9460. The molecule has 0 spiro atoms. The van der Waals surface area contributed by atoms with Gasteiger partial charge in [0.25, 0.3) is 0 Å². The molecule has 0 radical (unpaired) electrons. The van der Waals surface area contributed by atoms with Crippen LogP contribution in [0, 0.1) is 0 Å². The molecule has 27 aromatic rings. The van der Waals surface area contributed by atoms with Crippen LogP contribution in [-0.4, -0.2) is 91.4 Å². The summed E-state index contributed by atoms with van der Waals surface area (Å²) in [5, 5.41) is 19.3. The van der Waals surface area contributed by atoms with Crippen LogP contribution in [0.15, 0.2) is 504 Å². The van der Waals surface area contributed by atoms with E-state index in [1.54, 1.807) is 0 Å². The normalized spacial score (nSPS) is 11.4. The topological polar surface area (TPSA) is 116 Å². The standard InChI is InChI=1S/C47H29N3Se.C43H27N3Se.C43H29N3Se/c1-3-14-31(15-4-1)35-21-11-23-40-41-24-12-22-39(44(41)51-43(35)40)38-27-28-42(37-20-10-9-19-36(37)38)47-49-45(32-16-5-2-6-17-32)48-46(50-47)34-26-25-30-13-7-8-18-33(30)29-34;47-40-38(27-9-2-1-3-10-27)15-8-16-39(40)43-45-41(32-21-23-36-30(25-32)19-17-28-11-4-6-13-34(28)36)44-42(46-43)33-22-24-37-31(26-33)20-18-29-12-5-7-14-35(29)37;47-40-35(30-16-7-2-8-17-30)22-13-23-38(40)37-27-26-34(29-14-5-1-6-15-29)36-25-24-33(28-39(36)37)43-45-41(31-18-9-3-10-19-31)44-42(46-43)32-20-11-4-12-21-32/h1-29H;1-26,47H;1-28,47H. The Morgan fingerprint density at radius 3 is 0.862 bits per heavy atom. The molecule has 27 rings (SSSR count). The average molecular weight is 2050 g/mol. The molecule has 12 heteroatoms. The van der Waals surface area contributed by atoms with Crippen LogP contribution in [0.5, 0.6) is 0 Å². The van der Waals surface area contributed by atoms with Crippen molar-refractivity contribution in [3.8, 4) is 169 Å². The molecule has 0 aliphatic heterocycles. The van der Waals surface area contributed by atoms with E-state index in [1.165, 1.54) is 122 Å². The molecular formula is C133H85N9Se3. The zero-order valence-corrected chi connectivity index (χ0v) is 83.7. The van der Waals surface area contributed by atoms with Gasteiger partial charge >= 0.3 is 808 Å². The molecule has 0 aliphatic rings. The van der Waals surface area contributed by atoms with Crippen LogP contribution in [0.4, 0.5) is 0 Å². The van der Waals surface area contributed by atoms with Crippen LogP contribution in [0.2, 0.25) is 0 Å². The van der Waals surface area contributed by atoms with Gasteiger partial charge in [0.15, 0.2) is 0 Å². The molecule has 4 heterocycles. The van der Waals surface area contributed by atoms with Crippen molar-refractivity contribution < 1.29 is 0 Å². The Labute approximate surface area is 860 Å². The zero-order chi connectivity index (χ0) is 96.6. The number of hydrogen-bond donors (Lipinski definition) is 0. The van der Waals surface area contributed by atoms with Gasteiger partial charge in [-0.1, -0.05) is 54.6 Å². The zero-order valence-electron chi connectivity index (χ0n) is 78.2. The van der Waals surface area contributed by atoms with Gasteiger partial charge in [-0.3, -0.25) is 0 Å². The Morgan fingerprint density at radius 2 is 0.386 bits per heavy atom. The molecule has 9 nitrogen and oxygen atoms in total. The van der Waals surface area contributed by atoms with Crippen molar-refractivity contribution in [3.05, 3.63) is 504 Å². The summed E-state index contributed by atoms with van der Waals surface area (Å²) in [6, 6.07) is 177. The number of fused-ring (bicyclic) bond motifs is 12. The molecule has 0 amide bonds. The van der Waals surface area contributed by atoms with Crippen molar-refractivity contribution in [2.24, 2.45) is 0 Å². The van der Waals surface area contributed by atoms with Gasteiger partial charge in [-0.2, -0.15) is 0 Å². The van der Waals surface area contributed by atoms with Crippen LogP contribution in [0.25, 0.3) is 264 Å². The summed E-state index contributed by atoms with van der Waals surface area (Å²) in [6.45, 7) is 0. The van der Waals surface area contributed by atoms with Crippen molar-refractivity contribution in [2.45, 2.75) is 0 Å². The Balaban J connectivity index is 0.000000114. The van der Waals surface area contributed by atoms with E-state index < -0.39 is 0 Å². The monoisotopic (exact) mass is 2050 g/mol. The van der Waals surface area contributed by atoms with Gasteiger partial charge in [0.1, 0.15) is 0 Å². The molecule has 0 unspecified atom stereocenters. The molecule has 680 valence electrons. The van der Waals surface area contributed by atoms with Gasteiger partial charge in [-0.05, 0) is 5.39 Å². The summed E-state index contributed by atoms with van der Waals surface area (Å²) in [6.07, 6.45) is 0. The predicted octanol–water partition coefficient (Wildman–Crippen LogP) is 31.1. The second kappa shape index (κ2) is 39.2. The van der Waals surface area contributed by atoms with Gasteiger partial charge in [-0.25, -0.2) is 0 Å². The molecule has 0 bridgehead atoms. The van der Waals surface area contributed by atoms with Crippen molar-refractivity contribution in [2.75, 3.05) is 0 Å². The second-order valence-corrected chi connectivity index (χ2v) is 40.0. The molecular weight excluding hydrogens is 1960 g/mol. The van der Waals surface area contributed by atoms with Crippen LogP contribution < -0.4 is 8.92 Å². The van der Waals surface area contributed by atoms with Crippen molar-refractivity contribution >= 4 is 150 Å². The van der Waals surface area contributed by atoms with E-state index in [-0.39, 0.29) is 14.5 Å². The van der Waals surface area contributed by atoms with E-state index in [4.69, 9.17) is 44.9 Å². The van der Waals surface area contributed by atoms with Crippen LogP contribution >= 0.6 is 0 Å². The van der Waals surface area contributed by atoms with Gasteiger partial charge in [0, 0.05) is 0 Å². The van der Waals surface area contributed by atoms with Crippen LogP contribution in [-0.2, 0) is 0 Å². The maximum absolute atomic E-state index is 5.16. The van der Waals surface area contributed by atoms with E-state index >= 15 is 0 Å². The fraction of sp³-hybridized carbons (Fsp3) is 0. The van der Waals surface area contributed by atoms with E-state index in [1.807, 2.05) is 84.9 Å². The van der Waals surface area contributed by atoms with Crippen molar-refractivity contribution in [1.29, 1.82) is 0 Å². The number of rotatable bonds is 15. The second-order valence-electron chi connectivity index (χ2n) is 36.0. The Hall–Kier alpha value is -17.5. The molecule has 145 heavy (non-hydrogen) atoms. The number of nitrogens with zero attached hydrogens (tertiary/aromatic N) is 9. The van der Waals surface area contributed by atoms with E-state index in [0.717, 1.165) is 98.2 Å². The molecule has 23 aromatic carbocycles. The minimum absolute atomic E-state index is 0.154.